The highest BCUT2D eigenvalue weighted by atomic mass is 19.1. The third kappa shape index (κ3) is 2.79. The fourth-order valence-electron chi connectivity index (χ4n) is 7.37. The largest absolute Gasteiger partial charge is 0.390 e. The Morgan fingerprint density at radius 1 is 1.09 bits per heavy atom. The van der Waals surface area contributed by atoms with Crippen LogP contribution in [0.4, 0.5) is 27.5 Å². The van der Waals surface area contributed by atoms with Crippen LogP contribution in [0.1, 0.15) is 38.5 Å². The van der Waals surface area contributed by atoms with Gasteiger partial charge in [0.25, 0.3) is 0 Å². The highest BCUT2D eigenvalue weighted by molar-refractivity contribution is 5.82. The van der Waals surface area contributed by atoms with Crippen molar-refractivity contribution in [3.05, 3.63) is 48.9 Å². The predicted molar refractivity (Wildman–Crippen MR) is 127 cm³/mol. The number of hydrogen-bond acceptors (Lipinski definition) is 8. The number of aliphatic hydroxyl groups is 1. The molecule has 0 spiro atoms. The Morgan fingerprint density at radius 3 is 2.50 bits per heavy atom. The number of rotatable bonds is 3. The number of nitrogens with zero attached hydrogens (tertiary/aromatic N) is 6. The number of aromatic nitrogens is 4. The highest BCUT2D eigenvalue weighted by Gasteiger charge is 2.61. The quantitative estimate of drug-likeness (QED) is 0.605. The molecule has 1 aromatic carbocycles. The van der Waals surface area contributed by atoms with E-state index >= 15 is 0 Å². The van der Waals surface area contributed by atoms with E-state index in [2.05, 4.69) is 31.7 Å². The van der Waals surface area contributed by atoms with Crippen LogP contribution in [0.15, 0.2) is 43.1 Å². The zero-order valence-corrected chi connectivity index (χ0v) is 19.0. The molecule has 34 heavy (non-hydrogen) atoms. The molecule has 3 aromatic rings. The fraction of sp³-hybridized carbons (Fsp3) is 0.440. The van der Waals surface area contributed by atoms with Crippen LogP contribution >= 0.6 is 0 Å². The standard InChI is InChI=1S/C25H26FN7O/c1-14-32(2)21-12-29-23(30-18-7-20-19(6-17(18)26)27-3-4-28-20)31-22(21)33(14)24-8-15-5-16(9-24)11-25(34,10-15)13-24/h3-4,6-7,12,15-16,34H,1,5,8-11,13H2,2H3,(H,29,30,31). The maximum absolute atomic E-state index is 14.8. The molecule has 0 saturated heterocycles. The lowest BCUT2D eigenvalue weighted by atomic mass is 9.50. The van der Waals surface area contributed by atoms with Gasteiger partial charge in [-0.3, -0.25) is 9.97 Å². The molecule has 2 atom stereocenters. The molecule has 3 heterocycles. The van der Waals surface area contributed by atoms with Crippen molar-refractivity contribution in [3.63, 3.8) is 0 Å². The van der Waals surface area contributed by atoms with E-state index in [1.165, 1.54) is 18.7 Å². The van der Waals surface area contributed by atoms with Gasteiger partial charge in [0.2, 0.25) is 5.95 Å². The molecule has 2 N–H and O–H groups in total. The topological polar surface area (TPSA) is 90.3 Å². The molecule has 0 radical (unpaired) electrons. The van der Waals surface area contributed by atoms with Gasteiger partial charge < -0.3 is 20.2 Å². The van der Waals surface area contributed by atoms with Gasteiger partial charge in [-0.1, -0.05) is 6.58 Å². The summed E-state index contributed by atoms with van der Waals surface area (Å²) in [6.45, 7) is 4.38. The maximum Gasteiger partial charge on any atom is 0.229 e. The maximum atomic E-state index is 14.8. The number of fused-ring (bicyclic) bond motifs is 2. The zero-order valence-electron chi connectivity index (χ0n) is 19.0. The van der Waals surface area contributed by atoms with Gasteiger partial charge >= 0.3 is 0 Å². The summed E-state index contributed by atoms with van der Waals surface area (Å²) >= 11 is 0. The first-order valence-corrected chi connectivity index (χ1v) is 11.8. The van der Waals surface area contributed by atoms with Crippen LogP contribution in [0, 0.1) is 17.7 Å². The Hall–Kier alpha value is -3.33. The number of benzene rings is 1. The molecule has 1 aliphatic heterocycles. The third-order valence-electron chi connectivity index (χ3n) is 8.25. The van der Waals surface area contributed by atoms with E-state index in [1.54, 1.807) is 18.5 Å². The summed E-state index contributed by atoms with van der Waals surface area (Å²) in [5.74, 6) is 2.52. The van der Waals surface area contributed by atoms with Crippen molar-refractivity contribution in [3.8, 4) is 0 Å². The lowest BCUT2D eigenvalue weighted by Crippen LogP contribution is -2.65. The van der Waals surface area contributed by atoms with Crippen molar-refractivity contribution in [2.45, 2.75) is 49.7 Å². The Kier molecular flexibility index (Phi) is 3.91. The van der Waals surface area contributed by atoms with Gasteiger partial charge in [-0.2, -0.15) is 4.98 Å². The summed E-state index contributed by atoms with van der Waals surface area (Å²) in [4.78, 5) is 22.0. The molecule has 8 nitrogen and oxygen atoms in total. The second kappa shape index (κ2) is 6.63. The Labute approximate surface area is 196 Å². The normalized spacial score (nSPS) is 31.4. The summed E-state index contributed by atoms with van der Waals surface area (Å²) in [7, 11) is 1.97. The molecule has 2 aromatic heterocycles. The van der Waals surface area contributed by atoms with E-state index < -0.39 is 11.4 Å². The molecule has 9 heteroatoms. The van der Waals surface area contributed by atoms with Crippen LogP contribution in [0.25, 0.3) is 11.0 Å². The lowest BCUT2D eigenvalue weighted by molar-refractivity contribution is -0.133. The third-order valence-corrected chi connectivity index (χ3v) is 8.25. The monoisotopic (exact) mass is 459 g/mol. The SMILES string of the molecule is C=C1N(C)c2cnc(Nc3cc4nccnc4cc3F)nc2N1C12CC3CC(CC(O)(C3)C1)C2. The fourth-order valence-corrected chi connectivity index (χ4v) is 7.37. The molecular weight excluding hydrogens is 433 g/mol. The Balaban J connectivity index is 1.28. The van der Waals surface area contributed by atoms with Gasteiger partial charge in [0.1, 0.15) is 17.3 Å². The van der Waals surface area contributed by atoms with E-state index in [1.807, 2.05) is 11.9 Å². The minimum atomic E-state index is -0.602. The second-order valence-corrected chi connectivity index (χ2v) is 10.6. The smallest absolute Gasteiger partial charge is 0.229 e. The van der Waals surface area contributed by atoms with E-state index in [9.17, 15) is 9.50 Å². The second-order valence-electron chi connectivity index (χ2n) is 10.6. The number of hydrogen-bond donors (Lipinski definition) is 2. The lowest BCUT2D eigenvalue weighted by Gasteiger charge is -2.62. The summed E-state index contributed by atoms with van der Waals surface area (Å²) < 4.78 is 14.8. The molecular formula is C25H26FN7O. The molecule has 174 valence electrons. The van der Waals surface area contributed by atoms with Crippen LogP contribution in [0.2, 0.25) is 0 Å². The van der Waals surface area contributed by atoms with E-state index in [-0.39, 0.29) is 11.2 Å². The van der Waals surface area contributed by atoms with Crippen LogP contribution in [0.3, 0.4) is 0 Å². The molecule has 8 rings (SSSR count). The molecule has 4 bridgehead atoms. The Bertz CT molecular complexity index is 1350. The first kappa shape index (κ1) is 20.1. The first-order valence-electron chi connectivity index (χ1n) is 11.8. The number of nitrogens with one attached hydrogen (secondary N) is 1. The molecule has 4 saturated carbocycles. The minimum Gasteiger partial charge on any atom is -0.390 e. The summed E-state index contributed by atoms with van der Waals surface area (Å²) in [5, 5.41) is 14.4. The van der Waals surface area contributed by atoms with Crippen molar-refractivity contribution in [1.82, 2.24) is 19.9 Å². The molecule has 4 fully saturated rings. The van der Waals surface area contributed by atoms with Crippen LogP contribution in [0.5, 0.6) is 0 Å². The van der Waals surface area contributed by atoms with E-state index in [0.29, 0.717) is 28.8 Å². The van der Waals surface area contributed by atoms with Gasteiger partial charge in [0.05, 0.1) is 34.1 Å². The van der Waals surface area contributed by atoms with Crippen LogP contribution < -0.4 is 15.1 Å². The molecule has 4 aliphatic carbocycles. The summed E-state index contributed by atoms with van der Waals surface area (Å²) in [6, 6.07) is 2.97. The van der Waals surface area contributed by atoms with Gasteiger partial charge in [-0.15, -0.1) is 0 Å². The van der Waals surface area contributed by atoms with Crippen molar-refractivity contribution in [2.75, 3.05) is 22.2 Å². The molecule has 2 unspecified atom stereocenters. The number of halogens is 1. The van der Waals surface area contributed by atoms with Crippen molar-refractivity contribution in [2.24, 2.45) is 11.8 Å². The summed E-state index contributed by atoms with van der Waals surface area (Å²) in [6.07, 6.45) is 10.7. The van der Waals surface area contributed by atoms with Crippen molar-refractivity contribution >= 4 is 34.2 Å². The first-order chi connectivity index (χ1) is 16.3. The average molecular weight is 460 g/mol. The molecule has 5 aliphatic rings. The van der Waals surface area contributed by atoms with E-state index in [4.69, 9.17) is 4.98 Å². The average Bonchev–Trinajstić information content (AvgIpc) is 3.03. The predicted octanol–water partition coefficient (Wildman–Crippen LogP) is 4.11. The van der Waals surface area contributed by atoms with E-state index in [0.717, 1.165) is 49.4 Å². The van der Waals surface area contributed by atoms with Gasteiger partial charge in [0, 0.05) is 25.5 Å². The van der Waals surface area contributed by atoms with Crippen LogP contribution in [-0.2, 0) is 0 Å². The number of anilines is 4. The molecule has 0 amide bonds. The highest BCUT2D eigenvalue weighted by Crippen LogP contribution is 2.62. The van der Waals surface area contributed by atoms with Crippen molar-refractivity contribution in [1.29, 1.82) is 0 Å². The summed E-state index contributed by atoms with van der Waals surface area (Å²) in [5.41, 5.74) is 1.38. The van der Waals surface area contributed by atoms with Gasteiger partial charge in [-0.25, -0.2) is 9.37 Å². The minimum absolute atomic E-state index is 0.204. The van der Waals surface area contributed by atoms with Crippen LogP contribution in [-0.4, -0.2) is 43.2 Å². The van der Waals surface area contributed by atoms with Gasteiger partial charge in [-0.05, 0) is 56.4 Å². The van der Waals surface area contributed by atoms with Crippen molar-refractivity contribution < 1.29 is 9.50 Å². The Morgan fingerprint density at radius 2 is 1.79 bits per heavy atom. The zero-order chi connectivity index (χ0) is 23.2. The van der Waals surface area contributed by atoms with Gasteiger partial charge in [0.15, 0.2) is 5.82 Å².